The zero-order valence-electron chi connectivity index (χ0n) is 15.5. The van der Waals surface area contributed by atoms with Crippen LogP contribution in [0.3, 0.4) is 0 Å². The van der Waals surface area contributed by atoms with E-state index in [1.54, 1.807) is 11.0 Å². The number of rotatable bonds is 8. The molecule has 3 aromatic rings. The number of nitrogens with zero attached hydrogens (tertiary/aromatic N) is 3. The van der Waals surface area contributed by atoms with Crippen LogP contribution in [0.2, 0.25) is 0 Å². The largest absolute Gasteiger partial charge is 0.336 e. The van der Waals surface area contributed by atoms with Gasteiger partial charge in [0.05, 0.1) is 6.54 Å². The van der Waals surface area contributed by atoms with E-state index in [1.807, 2.05) is 49.4 Å². The lowest BCUT2D eigenvalue weighted by atomic mass is 10.1. The van der Waals surface area contributed by atoms with Gasteiger partial charge in [0.1, 0.15) is 12.7 Å². The quantitative estimate of drug-likeness (QED) is 0.646. The van der Waals surface area contributed by atoms with Gasteiger partial charge in [-0.25, -0.2) is 14.5 Å². The van der Waals surface area contributed by atoms with Crippen molar-refractivity contribution in [2.75, 3.05) is 0 Å². The Labute approximate surface area is 159 Å². The van der Waals surface area contributed by atoms with Crippen molar-refractivity contribution in [2.45, 2.75) is 38.9 Å². The highest BCUT2D eigenvalue weighted by molar-refractivity contribution is 5.74. The maximum Gasteiger partial charge on any atom is 0.315 e. The molecule has 0 spiro atoms. The van der Waals surface area contributed by atoms with Gasteiger partial charge in [-0.2, -0.15) is 5.10 Å². The van der Waals surface area contributed by atoms with Gasteiger partial charge in [0.2, 0.25) is 0 Å². The Morgan fingerprint density at radius 2 is 1.81 bits per heavy atom. The number of aryl methyl sites for hydroxylation is 1. The Kier molecular flexibility index (Phi) is 6.57. The van der Waals surface area contributed by atoms with Crippen LogP contribution in [0.1, 0.15) is 30.0 Å². The summed E-state index contributed by atoms with van der Waals surface area (Å²) in [4.78, 5) is 16.2. The van der Waals surface area contributed by atoms with Crippen LogP contribution in [0, 0.1) is 0 Å². The summed E-state index contributed by atoms with van der Waals surface area (Å²) in [6.45, 7) is 3.14. The Morgan fingerprint density at radius 3 is 2.56 bits per heavy atom. The van der Waals surface area contributed by atoms with Gasteiger partial charge in [-0.3, -0.25) is 0 Å². The highest BCUT2D eigenvalue weighted by Gasteiger charge is 2.09. The third-order valence-electron chi connectivity index (χ3n) is 4.44. The van der Waals surface area contributed by atoms with Gasteiger partial charge in [0.15, 0.2) is 0 Å². The van der Waals surface area contributed by atoms with E-state index in [-0.39, 0.29) is 12.1 Å². The first-order chi connectivity index (χ1) is 13.2. The standard InChI is InChI=1S/C21H25N5O/c1-17(11-12-18-7-3-2-4-8-18)25-21(27)23-13-19-9-5-6-10-20(19)14-26-16-22-15-24-26/h2-10,15-17H,11-14H2,1H3,(H2,23,25,27). The Balaban J connectivity index is 1.46. The molecular formula is C21H25N5O. The second-order valence-electron chi connectivity index (χ2n) is 6.61. The van der Waals surface area contributed by atoms with E-state index < -0.39 is 0 Å². The van der Waals surface area contributed by atoms with E-state index in [9.17, 15) is 4.79 Å². The SMILES string of the molecule is CC(CCc1ccccc1)NC(=O)NCc1ccccc1Cn1cncn1. The van der Waals surface area contributed by atoms with Crippen LogP contribution >= 0.6 is 0 Å². The van der Waals surface area contributed by atoms with E-state index in [0.29, 0.717) is 13.1 Å². The van der Waals surface area contributed by atoms with Gasteiger partial charge < -0.3 is 10.6 Å². The minimum atomic E-state index is -0.147. The summed E-state index contributed by atoms with van der Waals surface area (Å²) in [5, 5.41) is 10.1. The molecule has 0 saturated heterocycles. The fourth-order valence-electron chi connectivity index (χ4n) is 2.92. The number of hydrogen-bond acceptors (Lipinski definition) is 3. The molecule has 2 amide bonds. The van der Waals surface area contributed by atoms with Crippen molar-refractivity contribution >= 4 is 6.03 Å². The van der Waals surface area contributed by atoms with Crippen molar-refractivity contribution in [1.29, 1.82) is 0 Å². The van der Waals surface area contributed by atoms with E-state index in [0.717, 1.165) is 24.0 Å². The molecule has 1 unspecified atom stereocenters. The number of aromatic nitrogens is 3. The number of benzene rings is 2. The lowest BCUT2D eigenvalue weighted by Gasteiger charge is -2.16. The van der Waals surface area contributed by atoms with Crippen LogP contribution < -0.4 is 10.6 Å². The summed E-state index contributed by atoms with van der Waals surface area (Å²) in [5.41, 5.74) is 3.47. The number of amides is 2. The topological polar surface area (TPSA) is 71.8 Å². The molecule has 0 aliphatic rings. The fourth-order valence-corrected chi connectivity index (χ4v) is 2.92. The molecule has 1 heterocycles. The summed E-state index contributed by atoms with van der Waals surface area (Å²) < 4.78 is 1.77. The predicted molar refractivity (Wildman–Crippen MR) is 105 cm³/mol. The summed E-state index contributed by atoms with van der Waals surface area (Å²) in [7, 11) is 0. The molecule has 0 aliphatic carbocycles. The van der Waals surface area contributed by atoms with Gasteiger partial charge in [-0.15, -0.1) is 0 Å². The number of carbonyl (C=O) groups excluding carboxylic acids is 1. The molecule has 0 aliphatic heterocycles. The number of nitrogens with one attached hydrogen (secondary N) is 2. The summed E-state index contributed by atoms with van der Waals surface area (Å²) in [6, 6.07) is 18.3. The maximum atomic E-state index is 12.2. The molecular weight excluding hydrogens is 338 g/mol. The van der Waals surface area contributed by atoms with E-state index in [1.165, 1.54) is 11.9 Å². The molecule has 3 rings (SSSR count). The van der Waals surface area contributed by atoms with Gasteiger partial charge in [-0.1, -0.05) is 54.6 Å². The zero-order valence-corrected chi connectivity index (χ0v) is 15.5. The molecule has 27 heavy (non-hydrogen) atoms. The van der Waals surface area contributed by atoms with Gasteiger partial charge in [0, 0.05) is 12.6 Å². The average Bonchev–Trinajstić information content (AvgIpc) is 3.20. The highest BCUT2D eigenvalue weighted by atomic mass is 16.2. The maximum absolute atomic E-state index is 12.2. The lowest BCUT2D eigenvalue weighted by Crippen LogP contribution is -2.40. The second kappa shape index (κ2) is 9.52. The molecule has 6 heteroatoms. The normalized spacial score (nSPS) is 11.7. The van der Waals surface area contributed by atoms with Crippen molar-refractivity contribution in [3.8, 4) is 0 Å². The van der Waals surface area contributed by atoms with Gasteiger partial charge in [0.25, 0.3) is 0 Å². The molecule has 1 atom stereocenters. The number of carbonyl (C=O) groups is 1. The summed E-state index contributed by atoms with van der Waals surface area (Å²) in [6.07, 6.45) is 5.06. The highest BCUT2D eigenvalue weighted by Crippen LogP contribution is 2.10. The van der Waals surface area contributed by atoms with Crippen LogP contribution in [-0.2, 0) is 19.5 Å². The molecule has 0 bridgehead atoms. The number of urea groups is 1. The molecule has 0 fully saturated rings. The molecule has 0 saturated carbocycles. The van der Waals surface area contributed by atoms with Crippen molar-refractivity contribution in [1.82, 2.24) is 25.4 Å². The molecule has 2 N–H and O–H groups in total. The van der Waals surface area contributed by atoms with Crippen molar-refractivity contribution in [3.05, 3.63) is 83.9 Å². The molecule has 0 radical (unpaired) electrons. The van der Waals surface area contributed by atoms with Crippen molar-refractivity contribution in [3.63, 3.8) is 0 Å². The van der Waals surface area contributed by atoms with Crippen LogP contribution in [-0.4, -0.2) is 26.8 Å². The second-order valence-corrected chi connectivity index (χ2v) is 6.61. The third kappa shape index (κ3) is 5.95. The minimum absolute atomic E-state index is 0.107. The van der Waals surface area contributed by atoms with Crippen LogP contribution in [0.5, 0.6) is 0 Å². The van der Waals surface area contributed by atoms with Crippen molar-refractivity contribution < 1.29 is 4.79 Å². The summed E-state index contributed by atoms with van der Waals surface area (Å²) in [5.74, 6) is 0. The minimum Gasteiger partial charge on any atom is -0.336 e. The molecule has 140 valence electrons. The van der Waals surface area contributed by atoms with E-state index in [2.05, 4.69) is 32.8 Å². The number of hydrogen-bond donors (Lipinski definition) is 2. The zero-order chi connectivity index (χ0) is 18.9. The van der Waals surface area contributed by atoms with Crippen molar-refractivity contribution in [2.24, 2.45) is 0 Å². The average molecular weight is 363 g/mol. The van der Waals surface area contributed by atoms with Crippen LogP contribution in [0.15, 0.2) is 67.3 Å². The van der Waals surface area contributed by atoms with Gasteiger partial charge in [-0.05, 0) is 36.5 Å². The van der Waals surface area contributed by atoms with Gasteiger partial charge >= 0.3 is 6.03 Å². The fraction of sp³-hybridized carbons (Fsp3) is 0.286. The Hall–Kier alpha value is -3.15. The first-order valence-corrected chi connectivity index (χ1v) is 9.18. The monoisotopic (exact) mass is 363 g/mol. The first-order valence-electron chi connectivity index (χ1n) is 9.18. The predicted octanol–water partition coefficient (Wildman–Crippen LogP) is 3.15. The summed E-state index contributed by atoms with van der Waals surface area (Å²) >= 11 is 0. The lowest BCUT2D eigenvalue weighted by molar-refractivity contribution is 0.236. The van der Waals surface area contributed by atoms with Crippen LogP contribution in [0.25, 0.3) is 0 Å². The Morgan fingerprint density at radius 1 is 1.07 bits per heavy atom. The van der Waals surface area contributed by atoms with Crippen LogP contribution in [0.4, 0.5) is 4.79 Å². The first kappa shape index (κ1) is 18.6. The molecule has 1 aromatic heterocycles. The van der Waals surface area contributed by atoms with E-state index >= 15 is 0 Å². The third-order valence-corrected chi connectivity index (χ3v) is 4.44. The smallest absolute Gasteiger partial charge is 0.315 e. The Bertz CT molecular complexity index is 833. The van der Waals surface area contributed by atoms with E-state index in [4.69, 9.17) is 0 Å². The molecule has 6 nitrogen and oxygen atoms in total. The molecule has 2 aromatic carbocycles.